The Morgan fingerprint density at radius 2 is 1.86 bits per heavy atom. The van der Waals surface area contributed by atoms with Crippen LogP contribution in [-0.4, -0.2) is 15.7 Å². The van der Waals surface area contributed by atoms with Crippen LogP contribution in [0, 0.1) is 47.3 Å². The molecule has 3 heteroatoms. The molecule has 6 bridgehead atoms. The van der Waals surface area contributed by atoms with E-state index in [1.54, 1.807) is 0 Å². The van der Waals surface area contributed by atoms with E-state index < -0.39 is 0 Å². The average molecular weight is 254 g/mol. The standard InChI is InChI=1S/C11H12BrNO/c12-10-6-2-1-3-4(6)9-8(10)5(2)7(3)11(9)13-14/h2-10,14H,1H2/b13-11+/t2-,3+,4+,5+,6-,7-,8-,9+,10+/m0/s1. The minimum absolute atomic E-state index is 0.674. The summed E-state index contributed by atoms with van der Waals surface area (Å²) < 4.78 is 0. The Balaban J connectivity index is 1.85. The second-order valence-corrected chi connectivity index (χ2v) is 6.95. The molecule has 2 nitrogen and oxygen atoms in total. The van der Waals surface area contributed by atoms with Gasteiger partial charge in [-0.25, -0.2) is 0 Å². The molecule has 6 rings (SSSR count). The minimum atomic E-state index is 0.674. The third-order valence-corrected chi connectivity index (χ3v) is 7.38. The first-order valence-corrected chi connectivity index (χ1v) is 6.62. The largest absolute Gasteiger partial charge is 0.411 e. The molecular formula is C11H12BrNO. The van der Waals surface area contributed by atoms with E-state index in [0.29, 0.717) is 11.8 Å². The molecular weight excluding hydrogens is 242 g/mol. The third kappa shape index (κ3) is 0.427. The zero-order valence-corrected chi connectivity index (χ0v) is 9.26. The van der Waals surface area contributed by atoms with Crippen LogP contribution in [0.3, 0.4) is 0 Å². The van der Waals surface area contributed by atoms with E-state index >= 15 is 0 Å². The maximum Gasteiger partial charge on any atom is 0.0644 e. The molecule has 0 radical (unpaired) electrons. The zero-order chi connectivity index (χ0) is 9.19. The summed E-state index contributed by atoms with van der Waals surface area (Å²) >= 11 is 3.91. The van der Waals surface area contributed by atoms with Gasteiger partial charge in [0.15, 0.2) is 0 Å². The van der Waals surface area contributed by atoms with Gasteiger partial charge in [0, 0.05) is 16.7 Å². The second kappa shape index (κ2) is 1.81. The lowest BCUT2D eigenvalue weighted by Gasteiger charge is -2.32. The van der Waals surface area contributed by atoms with Crippen molar-refractivity contribution in [3.63, 3.8) is 0 Å². The Kier molecular flexibility index (Phi) is 0.940. The molecule has 9 atom stereocenters. The highest BCUT2D eigenvalue weighted by Crippen LogP contribution is 2.82. The van der Waals surface area contributed by atoms with Gasteiger partial charge < -0.3 is 5.21 Å². The quantitative estimate of drug-likeness (QED) is 0.400. The molecule has 0 aromatic rings. The Morgan fingerprint density at radius 1 is 1.07 bits per heavy atom. The first-order chi connectivity index (χ1) is 6.84. The molecule has 0 aliphatic heterocycles. The number of oxime groups is 1. The number of rotatable bonds is 0. The number of hydrogen-bond acceptors (Lipinski definition) is 2. The second-order valence-electron chi connectivity index (χ2n) is 5.89. The summed E-state index contributed by atoms with van der Waals surface area (Å²) in [5.41, 5.74) is 1.20. The van der Waals surface area contributed by atoms with Crippen LogP contribution in [-0.2, 0) is 0 Å². The molecule has 14 heavy (non-hydrogen) atoms. The fourth-order valence-corrected chi connectivity index (χ4v) is 7.79. The van der Waals surface area contributed by atoms with Crippen molar-refractivity contribution in [3.05, 3.63) is 0 Å². The molecule has 0 amide bonds. The smallest absolute Gasteiger partial charge is 0.0644 e. The summed E-state index contributed by atoms with van der Waals surface area (Å²) in [6.45, 7) is 0. The van der Waals surface area contributed by atoms with Gasteiger partial charge in [-0.05, 0) is 41.9 Å². The first-order valence-electron chi connectivity index (χ1n) is 5.70. The van der Waals surface area contributed by atoms with Crippen LogP contribution in [0.15, 0.2) is 5.16 Å². The van der Waals surface area contributed by atoms with Crippen molar-refractivity contribution < 1.29 is 5.21 Å². The summed E-state index contributed by atoms with van der Waals surface area (Å²) in [4.78, 5) is 0.752. The van der Waals surface area contributed by atoms with Gasteiger partial charge >= 0.3 is 0 Å². The van der Waals surface area contributed by atoms with E-state index in [0.717, 1.165) is 40.3 Å². The Morgan fingerprint density at radius 3 is 2.57 bits per heavy atom. The SMILES string of the molecule is O/N=C1\[C@H]2[C@@H]3C[C@H]4[C@H]2[C@@H]2[C@H](Br)[C@@H]4[C@@H]3[C@@H]12. The Hall–Kier alpha value is -0.0500. The number of hydrogen-bond donors (Lipinski definition) is 1. The molecule has 6 saturated carbocycles. The molecule has 0 heterocycles. The highest BCUT2D eigenvalue weighted by Gasteiger charge is 2.82. The van der Waals surface area contributed by atoms with Crippen LogP contribution in [0.4, 0.5) is 0 Å². The molecule has 6 aliphatic rings. The van der Waals surface area contributed by atoms with Gasteiger partial charge in [-0.3, -0.25) is 0 Å². The number of alkyl halides is 1. The van der Waals surface area contributed by atoms with Crippen LogP contribution in [0.1, 0.15) is 6.42 Å². The van der Waals surface area contributed by atoms with Crippen LogP contribution in [0.5, 0.6) is 0 Å². The molecule has 74 valence electrons. The van der Waals surface area contributed by atoms with Crippen molar-refractivity contribution in [1.29, 1.82) is 0 Å². The van der Waals surface area contributed by atoms with E-state index in [4.69, 9.17) is 5.21 Å². The van der Waals surface area contributed by atoms with Gasteiger partial charge in [-0.2, -0.15) is 0 Å². The zero-order valence-electron chi connectivity index (χ0n) is 7.68. The summed E-state index contributed by atoms with van der Waals surface area (Å²) in [6.07, 6.45) is 1.44. The van der Waals surface area contributed by atoms with E-state index in [2.05, 4.69) is 21.1 Å². The van der Waals surface area contributed by atoms with Gasteiger partial charge in [-0.15, -0.1) is 0 Å². The van der Waals surface area contributed by atoms with Crippen molar-refractivity contribution in [1.82, 2.24) is 0 Å². The summed E-state index contributed by atoms with van der Waals surface area (Å²) in [7, 11) is 0. The average Bonchev–Trinajstić information content (AvgIpc) is 2.85. The maximum absolute atomic E-state index is 9.14. The highest BCUT2D eigenvalue weighted by atomic mass is 79.9. The molecule has 0 unspecified atom stereocenters. The minimum Gasteiger partial charge on any atom is -0.411 e. The molecule has 6 fully saturated rings. The summed E-state index contributed by atoms with van der Waals surface area (Å²) in [5.74, 6) is 6.84. The van der Waals surface area contributed by atoms with E-state index in [9.17, 15) is 0 Å². The van der Waals surface area contributed by atoms with Crippen LogP contribution < -0.4 is 0 Å². The molecule has 0 aromatic carbocycles. The van der Waals surface area contributed by atoms with E-state index in [-0.39, 0.29) is 0 Å². The van der Waals surface area contributed by atoms with Crippen molar-refractivity contribution in [2.24, 2.45) is 52.5 Å². The number of halogens is 1. The lowest BCUT2D eigenvalue weighted by molar-refractivity contribution is 0.132. The summed E-state index contributed by atoms with van der Waals surface area (Å²) in [5, 5.41) is 12.8. The molecule has 6 aliphatic carbocycles. The maximum atomic E-state index is 9.14. The lowest BCUT2D eigenvalue weighted by atomic mass is 9.71. The predicted octanol–water partition coefficient (Wildman–Crippen LogP) is 1.97. The van der Waals surface area contributed by atoms with Crippen molar-refractivity contribution >= 4 is 21.6 Å². The van der Waals surface area contributed by atoms with Crippen LogP contribution >= 0.6 is 15.9 Å². The van der Waals surface area contributed by atoms with Crippen LogP contribution in [0.25, 0.3) is 0 Å². The van der Waals surface area contributed by atoms with Gasteiger partial charge in [-0.1, -0.05) is 21.1 Å². The first kappa shape index (κ1) is 7.26. The number of nitrogens with zero attached hydrogens (tertiary/aromatic N) is 1. The predicted molar refractivity (Wildman–Crippen MR) is 54.5 cm³/mol. The van der Waals surface area contributed by atoms with Crippen LogP contribution in [0.2, 0.25) is 0 Å². The van der Waals surface area contributed by atoms with Crippen molar-refractivity contribution in [3.8, 4) is 0 Å². The van der Waals surface area contributed by atoms with E-state index in [1.807, 2.05) is 0 Å². The van der Waals surface area contributed by atoms with Gasteiger partial charge in [0.25, 0.3) is 0 Å². The Labute approximate surface area is 90.9 Å². The lowest BCUT2D eigenvalue weighted by Crippen LogP contribution is -2.30. The fourth-order valence-electron chi connectivity index (χ4n) is 6.36. The topological polar surface area (TPSA) is 32.6 Å². The normalized spacial score (nSPS) is 77.8. The highest BCUT2D eigenvalue weighted by molar-refractivity contribution is 9.09. The molecule has 0 aromatic heterocycles. The van der Waals surface area contributed by atoms with Crippen molar-refractivity contribution in [2.45, 2.75) is 11.2 Å². The third-order valence-electron chi connectivity index (χ3n) is 6.16. The molecule has 0 spiro atoms. The van der Waals surface area contributed by atoms with Gasteiger partial charge in [0.05, 0.1) is 5.71 Å². The molecule has 0 saturated heterocycles. The molecule has 1 N–H and O–H groups in total. The summed E-state index contributed by atoms with van der Waals surface area (Å²) in [6, 6.07) is 0. The van der Waals surface area contributed by atoms with Gasteiger partial charge in [0.2, 0.25) is 0 Å². The van der Waals surface area contributed by atoms with Crippen molar-refractivity contribution in [2.75, 3.05) is 0 Å². The fraction of sp³-hybridized carbons (Fsp3) is 0.909. The Bertz CT molecular complexity index is 379. The van der Waals surface area contributed by atoms with E-state index in [1.165, 1.54) is 12.1 Å². The monoisotopic (exact) mass is 253 g/mol. The van der Waals surface area contributed by atoms with Gasteiger partial charge in [0.1, 0.15) is 0 Å².